The van der Waals surface area contributed by atoms with Gasteiger partial charge in [-0.1, -0.05) is 0 Å². The molecule has 0 amide bonds. The number of carboxylic acid groups (broad SMARTS) is 1. The maximum atomic E-state index is 10.2. The molecule has 0 saturated carbocycles. The van der Waals surface area contributed by atoms with Crippen LogP contribution in [0.5, 0.6) is 0 Å². The van der Waals surface area contributed by atoms with Crippen LogP contribution in [0.2, 0.25) is 0 Å². The number of carbonyl (C=O) groups is 1. The van der Waals surface area contributed by atoms with Crippen LogP contribution in [-0.4, -0.2) is 29.4 Å². The van der Waals surface area contributed by atoms with Gasteiger partial charge >= 0.3 is 5.97 Å². The second kappa shape index (κ2) is 3.16. The van der Waals surface area contributed by atoms with E-state index >= 15 is 0 Å². The largest absolute Gasteiger partial charge is 0.481 e. The summed E-state index contributed by atoms with van der Waals surface area (Å²) in [6.07, 6.45) is 0. The van der Waals surface area contributed by atoms with E-state index in [1.54, 1.807) is 0 Å². The summed E-state index contributed by atoms with van der Waals surface area (Å²) in [6, 6.07) is 0. The summed E-state index contributed by atoms with van der Waals surface area (Å²) < 4.78 is 28.8. The van der Waals surface area contributed by atoms with Crippen LogP contribution >= 0.6 is 0 Å². The van der Waals surface area contributed by atoms with E-state index in [1.807, 2.05) is 0 Å². The van der Waals surface area contributed by atoms with Crippen molar-refractivity contribution in [2.45, 2.75) is 12.3 Å². The van der Waals surface area contributed by atoms with Gasteiger partial charge < -0.3 is 10.8 Å². The van der Waals surface area contributed by atoms with Gasteiger partial charge in [-0.2, -0.15) is 8.42 Å². The minimum absolute atomic E-state index is 1.10. The van der Waals surface area contributed by atoms with E-state index in [-0.39, 0.29) is 0 Å². The molecular weight excluding hydrogens is 174 g/mol. The zero-order chi connectivity index (χ0) is 9.23. The van der Waals surface area contributed by atoms with E-state index in [2.05, 4.69) is 0 Å². The van der Waals surface area contributed by atoms with Crippen LogP contribution in [0.25, 0.3) is 0 Å². The molecule has 0 aromatic heterocycles. The predicted molar refractivity (Wildman–Crippen MR) is 36.3 cm³/mol. The molecule has 2 unspecified atom stereocenters. The van der Waals surface area contributed by atoms with Gasteiger partial charge in [0.05, 0.1) is 5.92 Å². The van der Waals surface area contributed by atoms with Crippen molar-refractivity contribution in [1.82, 2.24) is 0 Å². The summed E-state index contributed by atoms with van der Waals surface area (Å²) in [7, 11) is -4.45. The van der Waals surface area contributed by atoms with Gasteiger partial charge in [-0.3, -0.25) is 9.35 Å². The van der Waals surface area contributed by atoms with Crippen LogP contribution in [0, 0.1) is 5.92 Å². The number of rotatable bonds is 3. The number of carboxylic acids is 1. The summed E-state index contributed by atoms with van der Waals surface area (Å²) in [5.74, 6) is -2.68. The first-order valence-corrected chi connectivity index (χ1v) is 4.22. The zero-order valence-electron chi connectivity index (χ0n) is 5.76. The van der Waals surface area contributed by atoms with Gasteiger partial charge in [-0.15, -0.1) is 0 Å². The van der Waals surface area contributed by atoms with E-state index in [1.165, 1.54) is 0 Å². The number of hydrogen-bond donors (Lipinski definition) is 3. The molecule has 0 heterocycles. The Kier molecular flexibility index (Phi) is 2.97. The first-order chi connectivity index (χ1) is 4.76. The van der Waals surface area contributed by atoms with Crippen molar-refractivity contribution < 1.29 is 22.9 Å². The summed E-state index contributed by atoms with van der Waals surface area (Å²) in [6.45, 7) is 1.10. The minimum atomic E-state index is -4.45. The zero-order valence-corrected chi connectivity index (χ0v) is 6.58. The fourth-order valence-electron chi connectivity index (χ4n) is 0.398. The van der Waals surface area contributed by atoms with Crippen molar-refractivity contribution in [3.05, 3.63) is 0 Å². The lowest BCUT2D eigenvalue weighted by Crippen LogP contribution is -2.40. The third kappa shape index (κ3) is 2.83. The summed E-state index contributed by atoms with van der Waals surface area (Å²) in [5.41, 5.74) is 4.88. The van der Waals surface area contributed by atoms with Gasteiger partial charge in [0.2, 0.25) is 0 Å². The summed E-state index contributed by atoms with van der Waals surface area (Å²) in [5, 5.41) is 6.50. The average Bonchev–Trinajstić information content (AvgIpc) is 1.82. The van der Waals surface area contributed by atoms with Gasteiger partial charge in [0.1, 0.15) is 5.37 Å². The highest BCUT2D eigenvalue weighted by Crippen LogP contribution is 2.05. The van der Waals surface area contributed by atoms with Crippen LogP contribution in [0.4, 0.5) is 0 Å². The fraction of sp³-hybridized carbons (Fsp3) is 0.750. The van der Waals surface area contributed by atoms with Crippen molar-refractivity contribution in [3.8, 4) is 0 Å². The van der Waals surface area contributed by atoms with Crippen LogP contribution in [0.3, 0.4) is 0 Å². The molecule has 11 heavy (non-hydrogen) atoms. The van der Waals surface area contributed by atoms with Crippen molar-refractivity contribution in [2.24, 2.45) is 11.7 Å². The number of hydrogen-bond acceptors (Lipinski definition) is 4. The van der Waals surface area contributed by atoms with Crippen molar-refractivity contribution in [2.75, 3.05) is 0 Å². The molecule has 0 aromatic carbocycles. The quantitative estimate of drug-likeness (QED) is 0.477. The van der Waals surface area contributed by atoms with E-state index in [4.69, 9.17) is 15.4 Å². The third-order valence-corrected chi connectivity index (χ3v) is 2.32. The fourth-order valence-corrected chi connectivity index (χ4v) is 1.03. The maximum absolute atomic E-state index is 10.2. The molecule has 7 heteroatoms. The lowest BCUT2D eigenvalue weighted by Gasteiger charge is -2.11. The molecule has 2 atom stereocenters. The molecule has 0 rings (SSSR count). The first-order valence-electron chi connectivity index (χ1n) is 2.71. The van der Waals surface area contributed by atoms with Gasteiger partial charge in [0.15, 0.2) is 0 Å². The molecule has 4 N–H and O–H groups in total. The van der Waals surface area contributed by atoms with E-state index in [9.17, 15) is 13.2 Å². The van der Waals surface area contributed by atoms with Crippen molar-refractivity contribution >= 4 is 16.1 Å². The van der Waals surface area contributed by atoms with Gasteiger partial charge in [0.25, 0.3) is 10.1 Å². The highest BCUT2D eigenvalue weighted by Gasteiger charge is 2.29. The normalized spacial score (nSPS) is 17.4. The standard InChI is InChI=1S/C4H9NO5S/c1-2(4(6)7)3(5)11(8,9)10/h2-3H,5H2,1H3,(H,6,7)(H,8,9,10). The predicted octanol–water partition coefficient (Wildman–Crippen LogP) is -1.12. The molecule has 0 aliphatic rings. The highest BCUT2D eigenvalue weighted by atomic mass is 32.2. The van der Waals surface area contributed by atoms with Crippen LogP contribution in [-0.2, 0) is 14.9 Å². The topological polar surface area (TPSA) is 118 Å². The van der Waals surface area contributed by atoms with Crippen molar-refractivity contribution in [1.29, 1.82) is 0 Å². The van der Waals surface area contributed by atoms with E-state index < -0.39 is 27.4 Å². The Balaban J connectivity index is 4.51. The average molecular weight is 183 g/mol. The minimum Gasteiger partial charge on any atom is -0.481 e. The molecule has 66 valence electrons. The Morgan fingerprint density at radius 1 is 1.55 bits per heavy atom. The van der Waals surface area contributed by atoms with Crippen LogP contribution in [0.1, 0.15) is 6.92 Å². The Morgan fingerprint density at radius 2 is 1.91 bits per heavy atom. The summed E-state index contributed by atoms with van der Waals surface area (Å²) >= 11 is 0. The second-order valence-electron chi connectivity index (χ2n) is 2.11. The molecule has 0 aromatic rings. The Labute approximate surface area is 63.8 Å². The molecule has 0 aliphatic carbocycles. The summed E-state index contributed by atoms with van der Waals surface area (Å²) in [4.78, 5) is 10.1. The van der Waals surface area contributed by atoms with Gasteiger partial charge in [-0.05, 0) is 6.92 Å². The Bertz CT molecular complexity index is 245. The monoisotopic (exact) mass is 183 g/mol. The van der Waals surface area contributed by atoms with Crippen LogP contribution in [0.15, 0.2) is 0 Å². The number of nitrogens with two attached hydrogens (primary N) is 1. The maximum Gasteiger partial charge on any atom is 0.308 e. The molecule has 0 fully saturated rings. The van der Waals surface area contributed by atoms with Gasteiger partial charge in [0, 0.05) is 0 Å². The Hall–Kier alpha value is -0.660. The van der Waals surface area contributed by atoms with E-state index in [0.29, 0.717) is 0 Å². The van der Waals surface area contributed by atoms with Crippen LogP contribution < -0.4 is 5.73 Å². The number of aliphatic carboxylic acids is 1. The molecular formula is C4H9NO5S. The lowest BCUT2D eigenvalue weighted by atomic mass is 10.2. The molecule has 0 saturated heterocycles. The molecule has 0 aliphatic heterocycles. The molecule has 0 spiro atoms. The van der Waals surface area contributed by atoms with E-state index in [0.717, 1.165) is 6.92 Å². The molecule has 0 bridgehead atoms. The highest BCUT2D eigenvalue weighted by molar-refractivity contribution is 7.86. The second-order valence-corrected chi connectivity index (χ2v) is 3.68. The molecule has 0 radical (unpaired) electrons. The third-order valence-electron chi connectivity index (χ3n) is 1.23. The van der Waals surface area contributed by atoms with Crippen molar-refractivity contribution in [3.63, 3.8) is 0 Å². The Morgan fingerprint density at radius 3 is 2.00 bits per heavy atom. The molecule has 6 nitrogen and oxygen atoms in total. The van der Waals surface area contributed by atoms with Gasteiger partial charge in [-0.25, -0.2) is 0 Å². The smallest absolute Gasteiger partial charge is 0.308 e. The lowest BCUT2D eigenvalue weighted by molar-refractivity contribution is -0.141. The first kappa shape index (κ1) is 10.3. The SMILES string of the molecule is CC(C(=O)O)C(N)S(=O)(=O)O.